The minimum Gasteiger partial charge on any atom is -0.423 e. The average Bonchev–Trinajstić information content (AvgIpc) is 3.14. The second kappa shape index (κ2) is 12.5. The van der Waals surface area contributed by atoms with Crippen molar-refractivity contribution in [3.05, 3.63) is 53.4 Å². The van der Waals surface area contributed by atoms with E-state index in [1.807, 2.05) is 41.7 Å². The maximum atomic E-state index is 11.7. The van der Waals surface area contributed by atoms with Gasteiger partial charge in [0.25, 0.3) is 0 Å². The van der Waals surface area contributed by atoms with Gasteiger partial charge in [0.2, 0.25) is 0 Å². The molecule has 0 N–H and O–H groups in total. The minimum atomic E-state index is -0.312. The molecule has 0 bridgehead atoms. The number of ether oxygens (including phenoxy) is 1. The van der Waals surface area contributed by atoms with Crippen LogP contribution in [0.2, 0.25) is 0 Å². The van der Waals surface area contributed by atoms with E-state index in [1.165, 1.54) is 66.3 Å². The predicted octanol–water partition coefficient (Wildman–Crippen LogP) is 7.58. The molecule has 1 heterocycles. The molecule has 0 amide bonds. The molecule has 3 heteroatoms. The number of rotatable bonds is 12. The van der Waals surface area contributed by atoms with Crippen LogP contribution in [0.1, 0.15) is 70.1 Å². The van der Waals surface area contributed by atoms with E-state index >= 15 is 0 Å². The summed E-state index contributed by atoms with van der Waals surface area (Å²) in [6, 6.07) is 12.2. The largest absolute Gasteiger partial charge is 0.423 e. The first-order valence-electron chi connectivity index (χ1n) is 10.3. The van der Waals surface area contributed by atoms with Gasteiger partial charge in [-0.2, -0.15) is 0 Å². The minimum absolute atomic E-state index is 0.312. The fraction of sp³-hybridized carbons (Fsp3) is 0.458. The first-order valence-corrected chi connectivity index (χ1v) is 11.1. The lowest BCUT2D eigenvalue weighted by molar-refractivity contribution is -0.129. The second-order valence-corrected chi connectivity index (χ2v) is 8.09. The van der Waals surface area contributed by atoms with Crippen molar-refractivity contribution < 1.29 is 9.53 Å². The summed E-state index contributed by atoms with van der Waals surface area (Å²) >= 11 is 1.87. The van der Waals surface area contributed by atoms with Crippen LogP contribution in [-0.2, 0) is 11.2 Å². The molecule has 2 nitrogen and oxygen atoms in total. The van der Waals surface area contributed by atoms with Gasteiger partial charge in [-0.1, -0.05) is 58.4 Å². The van der Waals surface area contributed by atoms with Gasteiger partial charge in [0, 0.05) is 15.8 Å². The Kier molecular flexibility index (Phi) is 9.93. The molecule has 0 fully saturated rings. The molecule has 0 saturated carbocycles. The van der Waals surface area contributed by atoms with E-state index in [0.717, 1.165) is 12.8 Å². The highest BCUT2D eigenvalue weighted by Gasteiger charge is 2.05. The highest BCUT2D eigenvalue weighted by Crippen LogP contribution is 2.30. The summed E-state index contributed by atoms with van der Waals surface area (Å²) in [4.78, 5) is 14.5. The fourth-order valence-corrected chi connectivity index (χ4v) is 3.99. The number of hydrogen-bond acceptors (Lipinski definition) is 3. The topological polar surface area (TPSA) is 26.3 Å². The number of benzene rings is 1. The van der Waals surface area contributed by atoms with Crippen molar-refractivity contribution in [3.63, 3.8) is 0 Å². The number of esters is 1. The summed E-state index contributed by atoms with van der Waals surface area (Å²) in [6.45, 7) is 4.34. The molecule has 0 atom stereocenters. The number of allylic oxidation sites excluding steroid dienone is 1. The fourth-order valence-electron chi connectivity index (χ4n) is 2.93. The van der Waals surface area contributed by atoms with Gasteiger partial charge in [0.1, 0.15) is 5.75 Å². The molecule has 2 rings (SSSR count). The Morgan fingerprint density at radius 3 is 2.41 bits per heavy atom. The first kappa shape index (κ1) is 21.4. The van der Waals surface area contributed by atoms with Crippen LogP contribution in [0, 0.1) is 0 Å². The lowest BCUT2D eigenvalue weighted by Crippen LogP contribution is -2.03. The molecule has 0 saturated heterocycles. The predicted molar refractivity (Wildman–Crippen MR) is 117 cm³/mol. The van der Waals surface area contributed by atoms with Gasteiger partial charge in [-0.3, -0.25) is 0 Å². The third-order valence-electron chi connectivity index (χ3n) is 4.50. The van der Waals surface area contributed by atoms with E-state index < -0.39 is 0 Å². The molecule has 0 aliphatic heterocycles. The Morgan fingerprint density at radius 1 is 0.926 bits per heavy atom. The summed E-state index contributed by atoms with van der Waals surface area (Å²) < 4.78 is 5.33. The second-order valence-electron chi connectivity index (χ2n) is 6.92. The Morgan fingerprint density at radius 2 is 1.67 bits per heavy atom. The molecule has 0 spiro atoms. The van der Waals surface area contributed by atoms with Gasteiger partial charge in [-0.15, -0.1) is 11.3 Å². The SMILES string of the molecule is CCC/C=C/C(=O)Oc1ccc(-c2ccc(CCCCCCCC)s2)cc1. The van der Waals surface area contributed by atoms with Gasteiger partial charge in [0.05, 0.1) is 0 Å². The van der Waals surface area contributed by atoms with Crippen molar-refractivity contribution in [1.82, 2.24) is 0 Å². The van der Waals surface area contributed by atoms with Crippen molar-refractivity contribution in [2.45, 2.75) is 71.6 Å². The standard InChI is InChI=1S/C24H32O2S/c1-3-5-7-8-9-11-12-22-18-19-23(27-22)20-14-16-21(17-15-20)26-24(25)13-10-6-4-2/h10,13-19H,3-9,11-12H2,1-2H3/b13-10+. The van der Waals surface area contributed by atoms with Crippen LogP contribution in [0.4, 0.5) is 0 Å². The summed E-state index contributed by atoms with van der Waals surface area (Å²) in [6.07, 6.45) is 14.5. The summed E-state index contributed by atoms with van der Waals surface area (Å²) in [7, 11) is 0. The molecular weight excluding hydrogens is 352 g/mol. The van der Waals surface area contributed by atoms with Crippen molar-refractivity contribution in [1.29, 1.82) is 0 Å². The van der Waals surface area contributed by atoms with E-state index in [1.54, 1.807) is 0 Å². The molecule has 1 aromatic carbocycles. The number of thiophene rings is 1. The summed E-state index contributed by atoms with van der Waals surface area (Å²) in [5.41, 5.74) is 1.18. The highest BCUT2D eigenvalue weighted by atomic mass is 32.1. The zero-order valence-electron chi connectivity index (χ0n) is 16.7. The van der Waals surface area contributed by atoms with Gasteiger partial charge in [-0.05, 0) is 61.2 Å². The Labute approximate surface area is 168 Å². The number of aryl methyl sites for hydroxylation is 1. The molecule has 2 aromatic rings. The normalized spacial score (nSPS) is 11.2. The molecule has 0 unspecified atom stereocenters. The van der Waals surface area contributed by atoms with E-state index in [4.69, 9.17) is 4.74 Å². The smallest absolute Gasteiger partial charge is 0.335 e. The molecule has 1 aromatic heterocycles. The number of carbonyl (C=O) groups is 1. The van der Waals surface area contributed by atoms with Crippen LogP contribution in [0.3, 0.4) is 0 Å². The Hall–Kier alpha value is -1.87. The molecule has 0 aliphatic carbocycles. The van der Waals surface area contributed by atoms with E-state index in [9.17, 15) is 4.79 Å². The first-order chi connectivity index (χ1) is 13.2. The molecule has 146 valence electrons. The van der Waals surface area contributed by atoms with E-state index in [-0.39, 0.29) is 5.97 Å². The lowest BCUT2D eigenvalue weighted by atomic mass is 10.1. The van der Waals surface area contributed by atoms with Crippen LogP contribution in [-0.4, -0.2) is 5.97 Å². The number of carbonyl (C=O) groups excluding carboxylic acids is 1. The zero-order valence-corrected chi connectivity index (χ0v) is 17.5. The monoisotopic (exact) mass is 384 g/mol. The third kappa shape index (κ3) is 8.13. The quantitative estimate of drug-likeness (QED) is 0.163. The number of unbranched alkanes of at least 4 members (excludes halogenated alkanes) is 6. The average molecular weight is 385 g/mol. The van der Waals surface area contributed by atoms with E-state index in [0.29, 0.717) is 5.75 Å². The maximum Gasteiger partial charge on any atom is 0.335 e. The third-order valence-corrected chi connectivity index (χ3v) is 5.70. The van der Waals surface area contributed by atoms with E-state index in [2.05, 4.69) is 26.0 Å². The Balaban J connectivity index is 1.81. The van der Waals surface area contributed by atoms with Crippen LogP contribution < -0.4 is 4.74 Å². The van der Waals surface area contributed by atoms with Crippen LogP contribution in [0.5, 0.6) is 5.75 Å². The molecule has 0 radical (unpaired) electrons. The van der Waals surface area contributed by atoms with Crippen LogP contribution in [0.25, 0.3) is 10.4 Å². The highest BCUT2D eigenvalue weighted by molar-refractivity contribution is 7.15. The van der Waals surface area contributed by atoms with Crippen LogP contribution >= 0.6 is 11.3 Å². The lowest BCUT2D eigenvalue weighted by Gasteiger charge is -2.03. The van der Waals surface area contributed by atoms with Gasteiger partial charge < -0.3 is 4.74 Å². The van der Waals surface area contributed by atoms with Crippen molar-refractivity contribution in [2.75, 3.05) is 0 Å². The maximum absolute atomic E-state index is 11.7. The number of hydrogen-bond donors (Lipinski definition) is 0. The molecule has 0 aliphatic rings. The van der Waals surface area contributed by atoms with Gasteiger partial charge >= 0.3 is 5.97 Å². The van der Waals surface area contributed by atoms with Crippen LogP contribution in [0.15, 0.2) is 48.6 Å². The van der Waals surface area contributed by atoms with Crippen molar-refractivity contribution in [2.24, 2.45) is 0 Å². The Bertz CT molecular complexity index is 697. The summed E-state index contributed by atoms with van der Waals surface area (Å²) in [5.74, 6) is 0.280. The molecule has 27 heavy (non-hydrogen) atoms. The summed E-state index contributed by atoms with van der Waals surface area (Å²) in [5, 5.41) is 0. The zero-order chi connectivity index (χ0) is 19.3. The van der Waals surface area contributed by atoms with Crippen molar-refractivity contribution in [3.8, 4) is 16.2 Å². The van der Waals surface area contributed by atoms with Gasteiger partial charge in [-0.25, -0.2) is 4.79 Å². The van der Waals surface area contributed by atoms with Gasteiger partial charge in [0.15, 0.2) is 0 Å². The molecular formula is C24H32O2S. The van der Waals surface area contributed by atoms with Crippen molar-refractivity contribution >= 4 is 17.3 Å².